The molecule has 2 N–H and O–H groups in total. The van der Waals surface area contributed by atoms with Crippen molar-refractivity contribution in [1.29, 1.82) is 0 Å². The molecule has 138 valence electrons. The Balaban J connectivity index is 1.49. The van der Waals surface area contributed by atoms with Gasteiger partial charge in [-0.2, -0.15) is 0 Å². The van der Waals surface area contributed by atoms with Gasteiger partial charge in [-0.05, 0) is 55.6 Å². The van der Waals surface area contributed by atoms with E-state index in [1.807, 2.05) is 29.3 Å². The Bertz CT molecular complexity index is 751. The van der Waals surface area contributed by atoms with Crippen LogP contribution in [0, 0.1) is 0 Å². The van der Waals surface area contributed by atoms with Crippen molar-refractivity contribution in [3.05, 3.63) is 40.6 Å². The maximum absolute atomic E-state index is 6.17. The zero-order valence-electron chi connectivity index (χ0n) is 15.1. The van der Waals surface area contributed by atoms with Crippen molar-refractivity contribution in [1.82, 2.24) is 4.90 Å². The summed E-state index contributed by atoms with van der Waals surface area (Å²) in [6.07, 6.45) is 4.10. The molecule has 0 radical (unpaired) electrons. The van der Waals surface area contributed by atoms with Crippen LogP contribution in [0.1, 0.15) is 24.1 Å². The van der Waals surface area contributed by atoms with Crippen molar-refractivity contribution in [2.24, 2.45) is 10.7 Å². The van der Waals surface area contributed by atoms with Gasteiger partial charge in [-0.25, -0.2) is 4.99 Å². The summed E-state index contributed by atoms with van der Waals surface area (Å²) >= 11 is 3.57. The Morgan fingerprint density at radius 1 is 1.08 bits per heavy atom. The van der Waals surface area contributed by atoms with Gasteiger partial charge in [0, 0.05) is 30.3 Å². The van der Waals surface area contributed by atoms with Gasteiger partial charge in [-0.1, -0.05) is 12.5 Å². The van der Waals surface area contributed by atoms with Gasteiger partial charge in [-0.15, -0.1) is 23.1 Å². The largest absolute Gasteiger partial charge is 0.383 e. The minimum atomic E-state index is 0.600. The number of aliphatic imine (C=N–C) groups is 1. The van der Waals surface area contributed by atoms with Crippen LogP contribution in [0.4, 0.5) is 11.4 Å². The van der Waals surface area contributed by atoms with Crippen LogP contribution in [0.25, 0.3) is 0 Å². The Kier molecular flexibility index (Phi) is 5.82. The first-order chi connectivity index (χ1) is 12.8. The third kappa shape index (κ3) is 4.24. The lowest BCUT2D eigenvalue weighted by Gasteiger charge is -2.34. The second kappa shape index (κ2) is 8.46. The van der Waals surface area contributed by atoms with E-state index >= 15 is 0 Å². The standard InChI is InChI=1S/C20H26N4S2/c21-20(19-5-4-13-25-19)22-16-6-7-18-17(15-16)24(12-14-26-18)11-10-23-8-2-1-3-9-23/h4-7,13,15H,1-3,8-12,14H2,(H2,21,22). The van der Waals surface area contributed by atoms with Gasteiger partial charge in [0.1, 0.15) is 5.84 Å². The molecule has 1 fully saturated rings. The minimum absolute atomic E-state index is 0.600. The van der Waals surface area contributed by atoms with Crippen LogP contribution in [0.2, 0.25) is 0 Å². The molecule has 0 amide bonds. The predicted octanol–water partition coefficient (Wildman–Crippen LogP) is 4.18. The molecule has 1 aromatic heterocycles. The third-order valence-corrected chi connectivity index (χ3v) is 7.00. The molecule has 1 saturated heterocycles. The van der Waals surface area contributed by atoms with Gasteiger partial charge in [-0.3, -0.25) is 0 Å². The highest BCUT2D eigenvalue weighted by Gasteiger charge is 2.19. The fourth-order valence-electron chi connectivity index (χ4n) is 3.63. The highest BCUT2D eigenvalue weighted by molar-refractivity contribution is 7.99. The first-order valence-corrected chi connectivity index (χ1v) is 11.3. The number of hydrogen-bond acceptors (Lipinski definition) is 5. The monoisotopic (exact) mass is 386 g/mol. The number of likely N-dealkylation sites (tertiary alicyclic amines) is 1. The molecular weight excluding hydrogens is 360 g/mol. The second-order valence-electron chi connectivity index (χ2n) is 6.86. The first kappa shape index (κ1) is 17.9. The molecule has 1 aromatic carbocycles. The molecule has 2 aliphatic heterocycles. The average molecular weight is 387 g/mol. The third-order valence-electron chi connectivity index (χ3n) is 5.06. The lowest BCUT2D eigenvalue weighted by atomic mass is 10.1. The lowest BCUT2D eigenvalue weighted by Crippen LogP contribution is -2.39. The molecule has 0 bridgehead atoms. The van der Waals surface area contributed by atoms with E-state index < -0.39 is 0 Å². The summed E-state index contributed by atoms with van der Waals surface area (Å²) in [7, 11) is 0. The molecule has 4 rings (SSSR count). The van der Waals surface area contributed by atoms with E-state index in [1.54, 1.807) is 11.3 Å². The van der Waals surface area contributed by atoms with E-state index in [1.165, 1.54) is 42.9 Å². The Morgan fingerprint density at radius 2 is 1.96 bits per heavy atom. The zero-order valence-corrected chi connectivity index (χ0v) is 16.7. The summed E-state index contributed by atoms with van der Waals surface area (Å²) in [4.78, 5) is 12.2. The maximum atomic E-state index is 6.17. The highest BCUT2D eigenvalue weighted by atomic mass is 32.2. The van der Waals surface area contributed by atoms with Crippen molar-refractivity contribution in [2.45, 2.75) is 24.2 Å². The van der Waals surface area contributed by atoms with Crippen molar-refractivity contribution in [3.8, 4) is 0 Å². The van der Waals surface area contributed by atoms with E-state index in [0.717, 1.165) is 36.0 Å². The van der Waals surface area contributed by atoms with Crippen molar-refractivity contribution < 1.29 is 0 Å². The smallest absolute Gasteiger partial charge is 0.141 e. The van der Waals surface area contributed by atoms with Gasteiger partial charge in [0.2, 0.25) is 0 Å². The van der Waals surface area contributed by atoms with Gasteiger partial charge in [0.25, 0.3) is 0 Å². The molecule has 0 spiro atoms. The fraction of sp³-hybridized carbons (Fsp3) is 0.450. The van der Waals surface area contributed by atoms with Crippen LogP contribution in [-0.2, 0) is 0 Å². The van der Waals surface area contributed by atoms with Gasteiger partial charge < -0.3 is 15.5 Å². The Morgan fingerprint density at radius 3 is 2.77 bits per heavy atom. The van der Waals surface area contributed by atoms with Crippen LogP contribution >= 0.6 is 23.1 Å². The highest BCUT2D eigenvalue weighted by Crippen LogP contribution is 2.37. The number of anilines is 1. The van der Waals surface area contributed by atoms with Gasteiger partial charge in [0.05, 0.1) is 16.3 Å². The number of rotatable bonds is 5. The summed E-state index contributed by atoms with van der Waals surface area (Å²) in [6.45, 7) is 5.89. The van der Waals surface area contributed by atoms with E-state index in [9.17, 15) is 0 Å². The molecule has 2 aliphatic rings. The molecular formula is C20H26N4S2. The molecule has 0 aliphatic carbocycles. The number of benzene rings is 1. The van der Waals surface area contributed by atoms with Crippen molar-refractivity contribution in [3.63, 3.8) is 0 Å². The van der Waals surface area contributed by atoms with Crippen molar-refractivity contribution in [2.75, 3.05) is 43.4 Å². The predicted molar refractivity (Wildman–Crippen MR) is 114 cm³/mol. The van der Waals surface area contributed by atoms with Crippen LogP contribution in [0.15, 0.2) is 45.6 Å². The van der Waals surface area contributed by atoms with Gasteiger partial charge in [0.15, 0.2) is 0 Å². The molecule has 2 aromatic rings. The van der Waals surface area contributed by atoms with Crippen LogP contribution in [-0.4, -0.2) is 49.2 Å². The normalized spacial score (nSPS) is 18.8. The van der Waals surface area contributed by atoms with Crippen LogP contribution in [0.5, 0.6) is 0 Å². The lowest BCUT2D eigenvalue weighted by molar-refractivity contribution is 0.233. The SMILES string of the molecule is NC(=Nc1ccc2c(c1)N(CCN1CCCCC1)CCS2)c1cccs1. The number of piperidine rings is 1. The summed E-state index contributed by atoms with van der Waals surface area (Å²) in [5.41, 5.74) is 8.44. The first-order valence-electron chi connectivity index (χ1n) is 9.42. The minimum Gasteiger partial charge on any atom is -0.383 e. The van der Waals surface area contributed by atoms with Crippen LogP contribution in [0.3, 0.4) is 0 Å². The zero-order chi connectivity index (χ0) is 17.8. The summed E-state index contributed by atoms with van der Waals surface area (Å²) in [5.74, 6) is 1.76. The number of fused-ring (bicyclic) bond motifs is 1. The average Bonchev–Trinajstić information content (AvgIpc) is 3.22. The summed E-state index contributed by atoms with van der Waals surface area (Å²) < 4.78 is 0. The van der Waals surface area contributed by atoms with E-state index in [4.69, 9.17) is 5.73 Å². The number of thioether (sulfide) groups is 1. The van der Waals surface area contributed by atoms with Gasteiger partial charge >= 0.3 is 0 Å². The maximum Gasteiger partial charge on any atom is 0.141 e. The molecule has 26 heavy (non-hydrogen) atoms. The molecule has 0 saturated carbocycles. The molecule has 0 atom stereocenters. The Labute approximate surface area is 164 Å². The topological polar surface area (TPSA) is 44.9 Å². The summed E-state index contributed by atoms with van der Waals surface area (Å²) in [6, 6.07) is 10.5. The quantitative estimate of drug-likeness (QED) is 0.618. The number of nitrogens with two attached hydrogens (primary N) is 1. The molecule has 3 heterocycles. The number of amidine groups is 1. The summed E-state index contributed by atoms with van der Waals surface area (Å²) in [5, 5.41) is 2.03. The van der Waals surface area contributed by atoms with E-state index in [-0.39, 0.29) is 0 Å². The number of thiophene rings is 1. The molecule has 4 nitrogen and oxygen atoms in total. The number of nitrogens with zero attached hydrogens (tertiary/aromatic N) is 3. The van der Waals surface area contributed by atoms with Crippen LogP contribution < -0.4 is 10.6 Å². The number of hydrogen-bond donors (Lipinski definition) is 1. The second-order valence-corrected chi connectivity index (χ2v) is 8.95. The van der Waals surface area contributed by atoms with E-state index in [0.29, 0.717) is 5.84 Å². The molecule has 0 unspecified atom stereocenters. The fourth-order valence-corrected chi connectivity index (χ4v) is 5.29. The Hall–Kier alpha value is -1.50. The molecule has 6 heteroatoms. The van der Waals surface area contributed by atoms with E-state index in [2.05, 4.69) is 33.0 Å². The van der Waals surface area contributed by atoms with Crippen molar-refractivity contribution >= 4 is 40.3 Å².